The van der Waals surface area contributed by atoms with Crippen LogP contribution in [0.1, 0.15) is 33.5 Å². The molecule has 126 valence electrons. The number of ether oxygens (including phenoxy) is 1. The molecule has 2 aromatic rings. The Morgan fingerprint density at radius 3 is 2.58 bits per heavy atom. The highest BCUT2D eigenvalue weighted by Gasteiger charge is 2.13. The van der Waals surface area contributed by atoms with E-state index in [0.29, 0.717) is 5.56 Å². The van der Waals surface area contributed by atoms with E-state index in [1.54, 1.807) is 0 Å². The van der Waals surface area contributed by atoms with Crippen molar-refractivity contribution >= 4 is 11.7 Å². The number of hydrogen-bond donors (Lipinski definition) is 1. The van der Waals surface area contributed by atoms with Crippen LogP contribution in [-0.4, -0.2) is 28.3 Å². The second-order valence-corrected chi connectivity index (χ2v) is 4.67. The van der Waals surface area contributed by atoms with Gasteiger partial charge in [-0.25, -0.2) is 14.4 Å². The van der Waals surface area contributed by atoms with Gasteiger partial charge in [-0.2, -0.15) is 8.78 Å². The van der Waals surface area contributed by atoms with Gasteiger partial charge in [0.05, 0.1) is 0 Å². The van der Waals surface area contributed by atoms with E-state index >= 15 is 0 Å². The van der Waals surface area contributed by atoms with Crippen molar-refractivity contribution in [2.24, 2.45) is 0 Å². The zero-order valence-electron chi connectivity index (χ0n) is 12.4. The summed E-state index contributed by atoms with van der Waals surface area (Å²) in [5.74, 6) is -2.47. The van der Waals surface area contributed by atoms with Crippen LogP contribution in [0.3, 0.4) is 0 Å². The molecule has 1 aromatic carbocycles. The van der Waals surface area contributed by atoms with Gasteiger partial charge in [0.1, 0.15) is 17.7 Å². The van der Waals surface area contributed by atoms with Gasteiger partial charge in [0.2, 0.25) is 0 Å². The lowest BCUT2D eigenvalue weighted by Crippen LogP contribution is -2.24. The molecule has 0 aliphatic carbocycles. The van der Waals surface area contributed by atoms with E-state index in [-0.39, 0.29) is 23.7 Å². The Morgan fingerprint density at radius 1 is 1.21 bits per heavy atom. The van der Waals surface area contributed by atoms with Crippen LogP contribution in [0.5, 0.6) is 5.75 Å². The minimum absolute atomic E-state index is 0.0265. The van der Waals surface area contributed by atoms with Gasteiger partial charge in [-0.3, -0.25) is 9.59 Å². The zero-order chi connectivity index (χ0) is 17.7. The minimum atomic E-state index is -3.16. The first-order chi connectivity index (χ1) is 11.4. The van der Waals surface area contributed by atoms with Crippen LogP contribution < -0.4 is 10.1 Å². The van der Waals surface area contributed by atoms with Crippen LogP contribution in [0.25, 0.3) is 0 Å². The number of hydrogen-bond acceptors (Lipinski definition) is 5. The number of benzene rings is 1. The monoisotopic (exact) mass is 339 g/mol. The molecular weight excluding hydrogens is 327 g/mol. The Morgan fingerprint density at radius 2 is 1.92 bits per heavy atom. The van der Waals surface area contributed by atoms with Crippen LogP contribution in [-0.2, 0) is 6.54 Å². The number of rotatable bonds is 6. The van der Waals surface area contributed by atoms with E-state index in [1.165, 1.54) is 19.1 Å². The fraction of sp³-hybridized carbons (Fsp3) is 0.200. The van der Waals surface area contributed by atoms with E-state index in [4.69, 9.17) is 0 Å². The van der Waals surface area contributed by atoms with Crippen LogP contribution in [0.4, 0.5) is 13.2 Å². The Labute approximate surface area is 134 Å². The third-order valence-electron chi connectivity index (χ3n) is 2.93. The van der Waals surface area contributed by atoms with Crippen LogP contribution in [0, 0.1) is 5.82 Å². The lowest BCUT2D eigenvalue weighted by atomic mass is 10.2. The van der Waals surface area contributed by atoms with E-state index in [0.717, 1.165) is 18.5 Å². The molecule has 1 aromatic heterocycles. The third kappa shape index (κ3) is 4.51. The molecule has 0 atom stereocenters. The third-order valence-corrected chi connectivity index (χ3v) is 2.93. The van der Waals surface area contributed by atoms with Crippen molar-refractivity contribution in [2.75, 3.05) is 0 Å². The number of carbonyl (C=O) groups excluding carboxylic acids is 2. The van der Waals surface area contributed by atoms with Gasteiger partial charge in [-0.1, -0.05) is 6.07 Å². The average Bonchev–Trinajstić information content (AvgIpc) is 2.55. The maximum atomic E-state index is 13.3. The van der Waals surface area contributed by atoms with Gasteiger partial charge in [0.15, 0.2) is 17.3 Å². The second-order valence-electron chi connectivity index (χ2n) is 4.67. The molecule has 0 unspecified atom stereocenters. The zero-order valence-corrected chi connectivity index (χ0v) is 12.4. The second kappa shape index (κ2) is 7.53. The SMILES string of the molecule is CC(=O)c1cc(C(=O)NCc2ccc(F)c(OC(F)F)c2)ncn1. The number of carbonyl (C=O) groups is 2. The molecule has 0 saturated carbocycles. The van der Waals surface area contributed by atoms with Gasteiger partial charge >= 0.3 is 6.61 Å². The summed E-state index contributed by atoms with van der Waals surface area (Å²) in [6.07, 6.45) is 1.08. The van der Waals surface area contributed by atoms with Crippen molar-refractivity contribution in [1.29, 1.82) is 0 Å². The summed E-state index contributed by atoms with van der Waals surface area (Å²) in [5.41, 5.74) is 0.409. The summed E-state index contributed by atoms with van der Waals surface area (Å²) < 4.78 is 41.7. The Bertz CT molecular complexity index is 769. The lowest BCUT2D eigenvalue weighted by molar-refractivity contribution is -0.0522. The molecule has 0 aliphatic heterocycles. The normalized spacial score (nSPS) is 10.5. The molecule has 0 bridgehead atoms. The summed E-state index contributed by atoms with van der Waals surface area (Å²) >= 11 is 0. The first-order valence-corrected chi connectivity index (χ1v) is 6.71. The summed E-state index contributed by atoms with van der Waals surface area (Å²) in [5, 5.41) is 2.48. The molecule has 0 spiro atoms. The average molecular weight is 339 g/mol. The molecule has 1 amide bonds. The fourth-order valence-electron chi connectivity index (χ4n) is 1.79. The first kappa shape index (κ1) is 17.4. The molecule has 1 heterocycles. The number of aromatic nitrogens is 2. The molecule has 1 N–H and O–H groups in total. The van der Waals surface area contributed by atoms with Crippen molar-refractivity contribution in [3.05, 3.63) is 53.4 Å². The Hall–Kier alpha value is -2.97. The summed E-state index contributed by atoms with van der Waals surface area (Å²) in [7, 11) is 0. The molecule has 0 saturated heterocycles. The molecule has 24 heavy (non-hydrogen) atoms. The smallest absolute Gasteiger partial charge is 0.387 e. The standard InChI is InChI=1S/C15H12F3N3O3/c1-8(22)11-5-12(21-7-20-11)14(23)19-6-9-2-3-10(16)13(4-9)24-15(17)18/h2-5,7,15H,6H2,1H3,(H,19,23). The van der Waals surface area contributed by atoms with Crippen molar-refractivity contribution in [2.45, 2.75) is 20.1 Å². The maximum absolute atomic E-state index is 13.3. The van der Waals surface area contributed by atoms with Crippen molar-refractivity contribution < 1.29 is 27.5 Å². The van der Waals surface area contributed by atoms with Gasteiger partial charge < -0.3 is 10.1 Å². The van der Waals surface area contributed by atoms with Gasteiger partial charge in [-0.15, -0.1) is 0 Å². The largest absolute Gasteiger partial charge is 0.432 e. The van der Waals surface area contributed by atoms with Crippen LogP contribution in [0.15, 0.2) is 30.6 Å². The Kier molecular flexibility index (Phi) is 5.46. The highest BCUT2D eigenvalue weighted by molar-refractivity contribution is 5.97. The Balaban J connectivity index is 2.06. The van der Waals surface area contributed by atoms with Crippen molar-refractivity contribution in [1.82, 2.24) is 15.3 Å². The van der Waals surface area contributed by atoms with Crippen molar-refractivity contribution in [3.63, 3.8) is 0 Å². The predicted molar refractivity (Wildman–Crippen MR) is 76.2 cm³/mol. The molecule has 0 aliphatic rings. The van der Waals surface area contributed by atoms with Crippen molar-refractivity contribution in [3.8, 4) is 5.75 Å². The summed E-state index contributed by atoms with van der Waals surface area (Å²) in [6, 6.07) is 4.56. The number of alkyl halides is 2. The number of amides is 1. The summed E-state index contributed by atoms with van der Waals surface area (Å²) in [6.45, 7) is -1.93. The fourth-order valence-corrected chi connectivity index (χ4v) is 1.79. The van der Waals surface area contributed by atoms with E-state index in [1.807, 2.05) is 0 Å². The number of Topliss-reactive ketones (excluding diaryl/α,β-unsaturated/α-hetero) is 1. The quantitative estimate of drug-likeness (QED) is 0.817. The molecule has 0 radical (unpaired) electrons. The van der Waals surface area contributed by atoms with Crippen LogP contribution in [0.2, 0.25) is 0 Å². The van der Waals surface area contributed by atoms with E-state index in [2.05, 4.69) is 20.0 Å². The highest BCUT2D eigenvalue weighted by Crippen LogP contribution is 2.20. The number of nitrogens with zero attached hydrogens (tertiary/aromatic N) is 2. The molecule has 6 nitrogen and oxygen atoms in total. The number of ketones is 1. The van der Waals surface area contributed by atoms with Gasteiger partial charge in [0.25, 0.3) is 5.91 Å². The lowest BCUT2D eigenvalue weighted by Gasteiger charge is -2.09. The van der Waals surface area contributed by atoms with Gasteiger partial charge in [0, 0.05) is 13.5 Å². The topological polar surface area (TPSA) is 81.2 Å². The van der Waals surface area contributed by atoms with Crippen LogP contribution >= 0.6 is 0 Å². The predicted octanol–water partition coefficient (Wildman–Crippen LogP) is 2.35. The number of halogens is 3. The van der Waals surface area contributed by atoms with Gasteiger partial charge in [-0.05, 0) is 23.8 Å². The molecule has 9 heteroatoms. The molecule has 2 rings (SSSR count). The highest BCUT2D eigenvalue weighted by atomic mass is 19.3. The molecule has 0 fully saturated rings. The maximum Gasteiger partial charge on any atom is 0.387 e. The van der Waals surface area contributed by atoms with E-state index < -0.39 is 24.1 Å². The summed E-state index contributed by atoms with van der Waals surface area (Å²) in [4.78, 5) is 30.7. The molecular formula is C15H12F3N3O3. The number of nitrogens with one attached hydrogen (secondary N) is 1. The van der Waals surface area contributed by atoms with E-state index in [9.17, 15) is 22.8 Å². The first-order valence-electron chi connectivity index (χ1n) is 6.71. The minimum Gasteiger partial charge on any atom is -0.432 e.